The third-order valence-electron chi connectivity index (χ3n) is 3.44. The van der Waals surface area contributed by atoms with Gasteiger partial charge in [-0.2, -0.15) is 0 Å². The van der Waals surface area contributed by atoms with Gasteiger partial charge in [0.15, 0.2) is 0 Å². The second kappa shape index (κ2) is 6.80. The number of hydrogen-bond donors (Lipinski definition) is 1. The Morgan fingerprint density at radius 1 is 1.06 bits per heavy atom. The monoisotopic (exact) mass is 233 g/mol. The fraction of sp³-hybridized carbons (Fsp3) is 0.625. The van der Waals surface area contributed by atoms with Crippen LogP contribution in [0, 0.1) is 19.8 Å². The molecule has 0 bridgehead atoms. The van der Waals surface area contributed by atoms with Crippen molar-refractivity contribution in [1.29, 1.82) is 0 Å². The van der Waals surface area contributed by atoms with Crippen molar-refractivity contribution in [3.05, 3.63) is 34.9 Å². The topological polar surface area (TPSA) is 12.0 Å². The number of aryl methyl sites for hydroxylation is 3. The third kappa shape index (κ3) is 4.91. The largest absolute Gasteiger partial charge is 0.317 e. The maximum Gasteiger partial charge on any atom is 0.00871 e. The summed E-state index contributed by atoms with van der Waals surface area (Å²) in [5.74, 6) is 0.722. The molecule has 0 aliphatic heterocycles. The molecule has 0 aliphatic rings. The van der Waals surface area contributed by atoms with Gasteiger partial charge in [0.2, 0.25) is 0 Å². The number of benzene rings is 1. The molecule has 96 valence electrons. The zero-order valence-electron chi connectivity index (χ0n) is 12.0. The molecule has 0 aliphatic carbocycles. The minimum absolute atomic E-state index is 0.654. The van der Waals surface area contributed by atoms with Crippen molar-refractivity contribution < 1.29 is 0 Å². The normalized spacial score (nSPS) is 13.1. The average molecular weight is 233 g/mol. The van der Waals surface area contributed by atoms with E-state index in [9.17, 15) is 0 Å². The summed E-state index contributed by atoms with van der Waals surface area (Å²) in [6.45, 7) is 8.94. The Morgan fingerprint density at radius 3 is 2.12 bits per heavy atom. The molecule has 0 radical (unpaired) electrons. The first-order valence-electron chi connectivity index (χ1n) is 6.77. The van der Waals surface area contributed by atoms with E-state index in [0.717, 1.165) is 5.92 Å². The maximum atomic E-state index is 3.41. The van der Waals surface area contributed by atoms with Crippen LogP contribution in [-0.2, 0) is 6.42 Å². The summed E-state index contributed by atoms with van der Waals surface area (Å²) in [4.78, 5) is 0. The molecule has 1 aromatic carbocycles. The molecule has 0 saturated carbocycles. The predicted molar refractivity (Wildman–Crippen MR) is 76.5 cm³/mol. The predicted octanol–water partition coefficient (Wildman–Crippen LogP) is 3.87. The van der Waals surface area contributed by atoms with Gasteiger partial charge < -0.3 is 5.32 Å². The lowest BCUT2D eigenvalue weighted by Gasteiger charge is -2.20. The standard InChI is InChI=1S/C16H27N/c1-12(2)16(17-5)8-6-7-15-10-13(3)9-14(4)11-15/h9-12,16-17H,6-8H2,1-5H3. The zero-order chi connectivity index (χ0) is 12.8. The first-order chi connectivity index (χ1) is 8.02. The summed E-state index contributed by atoms with van der Waals surface area (Å²) >= 11 is 0. The van der Waals surface area contributed by atoms with Gasteiger partial charge in [0.25, 0.3) is 0 Å². The molecule has 1 heteroatoms. The summed E-state index contributed by atoms with van der Waals surface area (Å²) in [6.07, 6.45) is 3.74. The van der Waals surface area contributed by atoms with Gasteiger partial charge in [-0.1, -0.05) is 43.2 Å². The van der Waals surface area contributed by atoms with Crippen LogP contribution in [0.4, 0.5) is 0 Å². The highest BCUT2D eigenvalue weighted by atomic mass is 14.9. The first-order valence-corrected chi connectivity index (χ1v) is 6.77. The van der Waals surface area contributed by atoms with Crippen LogP contribution in [0.5, 0.6) is 0 Å². The molecule has 17 heavy (non-hydrogen) atoms. The number of rotatable bonds is 6. The van der Waals surface area contributed by atoms with E-state index in [2.05, 4.69) is 58.3 Å². The lowest BCUT2D eigenvalue weighted by Crippen LogP contribution is -2.30. The maximum absolute atomic E-state index is 3.41. The van der Waals surface area contributed by atoms with Crippen molar-refractivity contribution in [3.8, 4) is 0 Å². The Labute approximate surface area is 107 Å². The SMILES string of the molecule is CNC(CCCc1cc(C)cc(C)c1)C(C)C. The molecule has 1 aromatic rings. The van der Waals surface area contributed by atoms with Crippen molar-refractivity contribution in [2.24, 2.45) is 5.92 Å². The Kier molecular flexibility index (Phi) is 5.70. The minimum atomic E-state index is 0.654. The fourth-order valence-corrected chi connectivity index (χ4v) is 2.55. The molecule has 0 saturated heterocycles. The van der Waals surface area contributed by atoms with E-state index in [1.807, 2.05) is 0 Å². The van der Waals surface area contributed by atoms with Crippen LogP contribution in [0.2, 0.25) is 0 Å². The van der Waals surface area contributed by atoms with Crippen molar-refractivity contribution in [3.63, 3.8) is 0 Å². The summed E-state index contributed by atoms with van der Waals surface area (Å²) in [5.41, 5.74) is 4.25. The molecule has 0 aromatic heterocycles. The summed E-state index contributed by atoms with van der Waals surface area (Å²) in [6, 6.07) is 7.53. The molecule has 0 amide bonds. The lowest BCUT2D eigenvalue weighted by atomic mass is 9.96. The van der Waals surface area contributed by atoms with E-state index >= 15 is 0 Å². The van der Waals surface area contributed by atoms with Crippen LogP contribution >= 0.6 is 0 Å². The lowest BCUT2D eigenvalue weighted by molar-refractivity contribution is 0.393. The highest BCUT2D eigenvalue weighted by Gasteiger charge is 2.09. The second-order valence-electron chi connectivity index (χ2n) is 5.53. The van der Waals surface area contributed by atoms with Crippen LogP contribution in [-0.4, -0.2) is 13.1 Å². The van der Waals surface area contributed by atoms with Gasteiger partial charge in [0.05, 0.1) is 0 Å². The highest BCUT2D eigenvalue weighted by molar-refractivity contribution is 5.28. The van der Waals surface area contributed by atoms with Gasteiger partial charge in [-0.3, -0.25) is 0 Å². The van der Waals surface area contributed by atoms with Gasteiger partial charge in [0, 0.05) is 6.04 Å². The molecule has 1 rings (SSSR count). The minimum Gasteiger partial charge on any atom is -0.317 e. The van der Waals surface area contributed by atoms with E-state index < -0.39 is 0 Å². The van der Waals surface area contributed by atoms with Crippen LogP contribution in [0.15, 0.2) is 18.2 Å². The zero-order valence-corrected chi connectivity index (χ0v) is 12.0. The van der Waals surface area contributed by atoms with Crippen molar-refractivity contribution in [2.75, 3.05) is 7.05 Å². The molecule has 0 fully saturated rings. The van der Waals surface area contributed by atoms with Gasteiger partial charge in [-0.25, -0.2) is 0 Å². The van der Waals surface area contributed by atoms with Crippen molar-refractivity contribution in [1.82, 2.24) is 5.32 Å². The van der Waals surface area contributed by atoms with Gasteiger partial charge in [-0.05, 0) is 51.6 Å². The Balaban J connectivity index is 2.45. The number of hydrogen-bond acceptors (Lipinski definition) is 1. The Bertz CT molecular complexity index is 321. The second-order valence-corrected chi connectivity index (χ2v) is 5.53. The quantitative estimate of drug-likeness (QED) is 0.786. The molecular formula is C16H27N. The molecule has 1 nitrogen and oxygen atoms in total. The molecule has 0 spiro atoms. The van der Waals surface area contributed by atoms with E-state index in [1.165, 1.54) is 36.0 Å². The molecule has 0 heterocycles. The summed E-state index contributed by atoms with van der Waals surface area (Å²) in [7, 11) is 2.07. The van der Waals surface area contributed by atoms with Crippen LogP contribution in [0.25, 0.3) is 0 Å². The van der Waals surface area contributed by atoms with Crippen LogP contribution < -0.4 is 5.32 Å². The first kappa shape index (κ1) is 14.2. The van der Waals surface area contributed by atoms with E-state index in [0.29, 0.717) is 6.04 Å². The summed E-state index contributed by atoms with van der Waals surface area (Å²) < 4.78 is 0. The van der Waals surface area contributed by atoms with E-state index in [-0.39, 0.29) is 0 Å². The van der Waals surface area contributed by atoms with E-state index in [1.54, 1.807) is 0 Å². The molecule has 1 atom stereocenters. The summed E-state index contributed by atoms with van der Waals surface area (Å²) in [5, 5.41) is 3.41. The average Bonchev–Trinajstić information content (AvgIpc) is 2.22. The fourth-order valence-electron chi connectivity index (χ4n) is 2.55. The Hall–Kier alpha value is -0.820. The molecule has 1 N–H and O–H groups in total. The molecular weight excluding hydrogens is 206 g/mol. The highest BCUT2D eigenvalue weighted by Crippen LogP contribution is 2.14. The third-order valence-corrected chi connectivity index (χ3v) is 3.44. The van der Waals surface area contributed by atoms with Gasteiger partial charge in [-0.15, -0.1) is 0 Å². The smallest absolute Gasteiger partial charge is 0.00871 e. The number of nitrogens with one attached hydrogen (secondary N) is 1. The van der Waals surface area contributed by atoms with Gasteiger partial charge >= 0.3 is 0 Å². The van der Waals surface area contributed by atoms with Gasteiger partial charge in [0.1, 0.15) is 0 Å². The molecule has 1 unspecified atom stereocenters. The van der Waals surface area contributed by atoms with Crippen LogP contribution in [0.3, 0.4) is 0 Å². The van der Waals surface area contributed by atoms with E-state index in [4.69, 9.17) is 0 Å². The van der Waals surface area contributed by atoms with Crippen molar-refractivity contribution >= 4 is 0 Å². The van der Waals surface area contributed by atoms with Crippen LogP contribution in [0.1, 0.15) is 43.4 Å². The Morgan fingerprint density at radius 2 is 1.65 bits per heavy atom. The van der Waals surface area contributed by atoms with Crippen molar-refractivity contribution in [2.45, 2.75) is 53.0 Å².